The molecule has 2 heteroatoms. The highest BCUT2D eigenvalue weighted by molar-refractivity contribution is 6.27. The number of furan rings is 1. The van der Waals surface area contributed by atoms with Gasteiger partial charge in [-0.25, -0.2) is 0 Å². The van der Waals surface area contributed by atoms with Crippen LogP contribution < -0.4 is 4.90 Å². The topological polar surface area (TPSA) is 16.4 Å². The second kappa shape index (κ2) is 13.9. The largest absolute Gasteiger partial charge is 0.456 e. The lowest BCUT2D eigenvalue weighted by molar-refractivity contribution is 0.669. The first-order valence-corrected chi connectivity index (χ1v) is 20.6. The molecule has 0 radical (unpaired) electrons. The molecule has 0 fully saturated rings. The molecule has 0 aliphatic carbocycles. The maximum atomic E-state index is 6.25. The fourth-order valence-electron chi connectivity index (χ4n) is 9.24. The quantitative estimate of drug-likeness (QED) is 0.157. The first-order chi connectivity index (χ1) is 29.7. The van der Waals surface area contributed by atoms with E-state index in [4.69, 9.17) is 4.42 Å². The van der Waals surface area contributed by atoms with Crippen LogP contribution in [0, 0.1) is 0 Å². The average Bonchev–Trinajstić information content (AvgIpc) is 3.70. The Morgan fingerprint density at radius 3 is 1.47 bits per heavy atom. The molecular weight excluding hydrogens is 727 g/mol. The third-order valence-electron chi connectivity index (χ3n) is 12.2. The van der Waals surface area contributed by atoms with Gasteiger partial charge >= 0.3 is 0 Å². The summed E-state index contributed by atoms with van der Waals surface area (Å²) in [7, 11) is 0. The molecule has 0 spiro atoms. The number of anilines is 3. The van der Waals surface area contributed by atoms with Gasteiger partial charge in [-0.15, -0.1) is 0 Å². The summed E-state index contributed by atoms with van der Waals surface area (Å²) < 4.78 is 6.25. The van der Waals surface area contributed by atoms with E-state index in [1.165, 1.54) is 65.3 Å². The Hall–Kier alpha value is -7.94. The van der Waals surface area contributed by atoms with Crippen LogP contribution in [0.1, 0.15) is 0 Å². The molecule has 1 heterocycles. The highest BCUT2D eigenvalue weighted by Crippen LogP contribution is 2.41. The van der Waals surface area contributed by atoms with E-state index in [9.17, 15) is 0 Å². The van der Waals surface area contributed by atoms with E-state index < -0.39 is 0 Å². The van der Waals surface area contributed by atoms with Crippen LogP contribution in [-0.2, 0) is 0 Å². The van der Waals surface area contributed by atoms with Crippen molar-refractivity contribution in [3.05, 3.63) is 224 Å². The van der Waals surface area contributed by atoms with Crippen molar-refractivity contribution in [3.63, 3.8) is 0 Å². The minimum atomic E-state index is 0.901. The summed E-state index contributed by atoms with van der Waals surface area (Å²) >= 11 is 0. The van der Waals surface area contributed by atoms with Gasteiger partial charge in [0.05, 0.1) is 0 Å². The molecule has 280 valence electrons. The summed E-state index contributed by atoms with van der Waals surface area (Å²) in [5, 5.41) is 12.5. The molecule has 60 heavy (non-hydrogen) atoms. The van der Waals surface area contributed by atoms with Gasteiger partial charge in [0, 0.05) is 27.8 Å². The number of rotatable bonds is 6. The lowest BCUT2D eigenvalue weighted by Gasteiger charge is -2.26. The molecule has 11 aromatic carbocycles. The lowest BCUT2D eigenvalue weighted by Crippen LogP contribution is -2.10. The van der Waals surface area contributed by atoms with E-state index in [1.54, 1.807) is 0 Å². The van der Waals surface area contributed by atoms with E-state index in [1.807, 2.05) is 12.1 Å². The van der Waals surface area contributed by atoms with Crippen molar-refractivity contribution in [2.75, 3.05) is 4.90 Å². The van der Waals surface area contributed by atoms with Gasteiger partial charge in [-0.1, -0.05) is 164 Å². The maximum Gasteiger partial charge on any atom is 0.136 e. The zero-order valence-electron chi connectivity index (χ0n) is 32.7. The number of benzene rings is 11. The second-order valence-electron chi connectivity index (χ2n) is 15.7. The van der Waals surface area contributed by atoms with Crippen LogP contribution in [0.3, 0.4) is 0 Å². The van der Waals surface area contributed by atoms with Crippen LogP contribution in [0.4, 0.5) is 17.1 Å². The van der Waals surface area contributed by atoms with Crippen molar-refractivity contribution in [2.24, 2.45) is 0 Å². The SMILES string of the molecule is c1ccc(-c2ccc(N(c3ccc(-c4ccc5c(c4)oc4ccccc45)cc3)c3cccc(-c4ccc5c(ccc6ccc7ccc8ccccc8c7c65)c4)c3)cc2)cc1. The number of para-hydroxylation sites is 1. The summed E-state index contributed by atoms with van der Waals surface area (Å²) in [6.07, 6.45) is 0. The minimum Gasteiger partial charge on any atom is -0.456 e. The fraction of sp³-hybridized carbons (Fsp3) is 0. The first-order valence-electron chi connectivity index (χ1n) is 20.6. The van der Waals surface area contributed by atoms with E-state index >= 15 is 0 Å². The number of nitrogens with zero attached hydrogens (tertiary/aromatic N) is 1. The highest BCUT2D eigenvalue weighted by Gasteiger charge is 2.16. The van der Waals surface area contributed by atoms with Crippen molar-refractivity contribution in [1.29, 1.82) is 0 Å². The van der Waals surface area contributed by atoms with Crippen LogP contribution in [0.15, 0.2) is 229 Å². The van der Waals surface area contributed by atoms with E-state index in [0.29, 0.717) is 0 Å². The van der Waals surface area contributed by atoms with Crippen LogP contribution >= 0.6 is 0 Å². The van der Waals surface area contributed by atoms with Crippen molar-refractivity contribution in [1.82, 2.24) is 0 Å². The lowest BCUT2D eigenvalue weighted by atomic mass is 9.92. The summed E-state index contributed by atoms with van der Waals surface area (Å²) in [4.78, 5) is 2.36. The molecule has 0 unspecified atom stereocenters. The standard InChI is InChI=1S/C58H37NO/c1-2-9-38(10-3-1)39-23-29-48(30-24-39)59(49-31-25-40(26-32-49)46-28-34-54-53-15-6-7-16-55(53)60-56(54)37-46)50-13-8-12-44(36-50)45-27-33-52-47(35-45)22-21-43-20-19-42-18-17-41-11-4-5-14-51(41)57(42)58(43)52/h1-37H. The zero-order chi connectivity index (χ0) is 39.6. The van der Waals surface area contributed by atoms with Gasteiger partial charge in [0.15, 0.2) is 0 Å². The van der Waals surface area contributed by atoms with Gasteiger partial charge in [-0.05, 0) is 137 Å². The van der Waals surface area contributed by atoms with E-state index in [2.05, 4.69) is 217 Å². The summed E-state index contributed by atoms with van der Waals surface area (Å²) in [6.45, 7) is 0. The smallest absolute Gasteiger partial charge is 0.136 e. The van der Waals surface area contributed by atoms with Crippen molar-refractivity contribution in [2.45, 2.75) is 0 Å². The average molecular weight is 764 g/mol. The summed E-state index contributed by atoms with van der Waals surface area (Å²) in [6, 6.07) is 81.3. The molecule has 0 aliphatic rings. The number of hydrogen-bond donors (Lipinski definition) is 0. The minimum absolute atomic E-state index is 0.901. The molecule has 0 atom stereocenters. The van der Waals surface area contributed by atoms with Gasteiger partial charge in [0.2, 0.25) is 0 Å². The van der Waals surface area contributed by atoms with Crippen molar-refractivity contribution in [3.8, 4) is 33.4 Å². The summed E-state index contributed by atoms with van der Waals surface area (Å²) in [5.41, 5.74) is 12.1. The monoisotopic (exact) mass is 763 g/mol. The third-order valence-corrected chi connectivity index (χ3v) is 12.2. The Morgan fingerprint density at radius 2 is 0.733 bits per heavy atom. The zero-order valence-corrected chi connectivity index (χ0v) is 32.7. The molecule has 1 aromatic heterocycles. The molecule has 0 saturated heterocycles. The number of hydrogen-bond acceptors (Lipinski definition) is 2. The third kappa shape index (κ3) is 5.73. The van der Waals surface area contributed by atoms with Crippen LogP contribution in [0.2, 0.25) is 0 Å². The fourth-order valence-corrected chi connectivity index (χ4v) is 9.24. The maximum absolute atomic E-state index is 6.25. The second-order valence-corrected chi connectivity index (χ2v) is 15.7. The van der Waals surface area contributed by atoms with Crippen molar-refractivity contribution >= 4 is 82.1 Å². The van der Waals surface area contributed by atoms with Gasteiger partial charge in [-0.2, -0.15) is 0 Å². The predicted molar refractivity (Wildman–Crippen MR) is 255 cm³/mol. The predicted octanol–water partition coefficient (Wildman–Crippen LogP) is 16.7. The Morgan fingerprint density at radius 1 is 0.250 bits per heavy atom. The molecule has 0 saturated carbocycles. The Labute approximate surface area is 347 Å². The Balaban J connectivity index is 0.953. The molecule has 0 amide bonds. The van der Waals surface area contributed by atoms with Gasteiger partial charge in [-0.3, -0.25) is 0 Å². The van der Waals surface area contributed by atoms with Crippen LogP contribution in [-0.4, -0.2) is 0 Å². The molecule has 12 rings (SSSR count). The van der Waals surface area contributed by atoms with E-state index in [0.717, 1.165) is 50.1 Å². The van der Waals surface area contributed by atoms with Crippen LogP contribution in [0.25, 0.3) is 98.4 Å². The van der Waals surface area contributed by atoms with Gasteiger partial charge in [0.1, 0.15) is 11.2 Å². The summed E-state index contributed by atoms with van der Waals surface area (Å²) in [5.74, 6) is 0. The van der Waals surface area contributed by atoms with Gasteiger partial charge < -0.3 is 9.32 Å². The molecule has 12 aromatic rings. The Bertz CT molecular complexity index is 3580. The molecule has 2 nitrogen and oxygen atoms in total. The molecular formula is C58H37NO. The number of fused-ring (bicyclic) bond motifs is 10. The van der Waals surface area contributed by atoms with Crippen LogP contribution in [0.5, 0.6) is 0 Å². The van der Waals surface area contributed by atoms with Crippen molar-refractivity contribution < 1.29 is 4.42 Å². The molecule has 0 bridgehead atoms. The molecule has 0 N–H and O–H groups in total. The highest BCUT2D eigenvalue weighted by atomic mass is 16.3. The first kappa shape index (κ1) is 34.1. The normalized spacial score (nSPS) is 11.7. The van der Waals surface area contributed by atoms with E-state index in [-0.39, 0.29) is 0 Å². The Kier molecular flexibility index (Phi) is 7.89. The molecule has 0 aliphatic heterocycles. The van der Waals surface area contributed by atoms with Gasteiger partial charge in [0.25, 0.3) is 0 Å².